The molecule has 0 saturated carbocycles. The molecule has 2 unspecified atom stereocenters. The van der Waals surface area contributed by atoms with Gasteiger partial charge in [0.15, 0.2) is 0 Å². The number of aryl methyl sites for hydroxylation is 1. The number of nitrogens with zero attached hydrogens (tertiary/aromatic N) is 5. The first-order valence-corrected chi connectivity index (χ1v) is 9.01. The van der Waals surface area contributed by atoms with Crippen LogP contribution in [0.15, 0.2) is 36.7 Å². The molecule has 0 N–H and O–H groups in total. The monoisotopic (exact) mass is 339 g/mol. The maximum Gasteiger partial charge on any atom is 0.252 e. The summed E-state index contributed by atoms with van der Waals surface area (Å²) in [6.45, 7) is 5.24. The summed E-state index contributed by atoms with van der Waals surface area (Å²) in [7, 11) is 2.78. The summed E-state index contributed by atoms with van der Waals surface area (Å²) < 4.78 is 1.91. The van der Waals surface area contributed by atoms with Crippen molar-refractivity contribution in [3.05, 3.63) is 53.6 Å². The molecule has 124 valence electrons. The van der Waals surface area contributed by atoms with Crippen LogP contribution in [0.4, 0.5) is 0 Å². The van der Waals surface area contributed by atoms with Gasteiger partial charge in [-0.15, -0.1) is 9.24 Å². The van der Waals surface area contributed by atoms with Crippen molar-refractivity contribution in [2.24, 2.45) is 0 Å². The number of likely N-dealkylation sites (tertiary alicyclic amines) is 1. The van der Waals surface area contributed by atoms with Crippen LogP contribution in [0.25, 0.3) is 5.78 Å². The molecule has 1 fully saturated rings. The molecule has 0 aliphatic carbocycles. The Morgan fingerprint density at radius 3 is 3.08 bits per heavy atom. The molecule has 3 aromatic rings. The van der Waals surface area contributed by atoms with E-state index in [2.05, 4.69) is 59.5 Å². The van der Waals surface area contributed by atoms with Gasteiger partial charge >= 0.3 is 0 Å². The van der Waals surface area contributed by atoms with Crippen LogP contribution in [0.1, 0.15) is 35.7 Å². The zero-order valence-corrected chi connectivity index (χ0v) is 15.0. The lowest BCUT2D eigenvalue weighted by Gasteiger charge is -2.33. The average Bonchev–Trinajstić information content (AvgIpc) is 3.02. The lowest BCUT2D eigenvalue weighted by Crippen LogP contribution is -2.34. The van der Waals surface area contributed by atoms with E-state index in [0.29, 0.717) is 11.7 Å². The van der Waals surface area contributed by atoms with Gasteiger partial charge in [0.1, 0.15) is 6.33 Å². The summed E-state index contributed by atoms with van der Waals surface area (Å²) in [5, 5.41) is 5.62. The van der Waals surface area contributed by atoms with Crippen molar-refractivity contribution in [1.82, 2.24) is 24.5 Å². The first-order valence-electron chi connectivity index (χ1n) is 8.43. The molecule has 1 aliphatic rings. The highest BCUT2D eigenvalue weighted by atomic mass is 31.0. The fourth-order valence-corrected chi connectivity index (χ4v) is 3.97. The lowest BCUT2D eigenvalue weighted by atomic mass is 9.93. The topological polar surface area (TPSA) is 46.3 Å². The number of hydrogen-bond acceptors (Lipinski definition) is 4. The minimum absolute atomic E-state index is 0.476. The van der Waals surface area contributed by atoms with Crippen LogP contribution in [0.2, 0.25) is 0 Å². The van der Waals surface area contributed by atoms with Crippen molar-refractivity contribution in [1.29, 1.82) is 0 Å². The van der Waals surface area contributed by atoms with Gasteiger partial charge in [0.25, 0.3) is 5.78 Å². The first kappa shape index (κ1) is 15.7. The molecule has 6 heteroatoms. The second kappa shape index (κ2) is 6.58. The highest BCUT2D eigenvalue weighted by molar-refractivity contribution is 7.27. The Morgan fingerprint density at radius 1 is 1.29 bits per heavy atom. The van der Waals surface area contributed by atoms with Crippen LogP contribution < -0.4 is 5.30 Å². The standard InChI is InChI=1S/C18H22N5P/c1-13-8-17(23-18(21-13)19-12-20-23)15-5-3-7-22(11-15)10-14-4-2-6-16(24)9-14/h2,4,6,8-9,12,15H,3,5,7,10-11,24H2,1H3. The van der Waals surface area contributed by atoms with Crippen LogP contribution in [-0.4, -0.2) is 37.6 Å². The SMILES string of the molecule is Cc1cc(C2CCCN(Cc3cccc(P)c3)C2)n2ncnc2n1. The van der Waals surface area contributed by atoms with Crippen molar-refractivity contribution in [2.45, 2.75) is 32.2 Å². The summed E-state index contributed by atoms with van der Waals surface area (Å²) in [5.41, 5.74) is 3.62. The molecular formula is C18H22N5P. The summed E-state index contributed by atoms with van der Waals surface area (Å²) in [6.07, 6.45) is 4.00. The van der Waals surface area contributed by atoms with Crippen LogP contribution in [0.3, 0.4) is 0 Å². The Morgan fingerprint density at radius 2 is 2.21 bits per heavy atom. The predicted octanol–water partition coefficient (Wildman–Crippen LogP) is 2.31. The van der Waals surface area contributed by atoms with E-state index < -0.39 is 0 Å². The quantitative estimate of drug-likeness (QED) is 0.687. The average molecular weight is 339 g/mol. The Hall–Kier alpha value is -1.84. The summed E-state index contributed by atoms with van der Waals surface area (Å²) >= 11 is 0. The highest BCUT2D eigenvalue weighted by Crippen LogP contribution is 2.28. The fraction of sp³-hybridized carbons (Fsp3) is 0.389. The van der Waals surface area contributed by atoms with Crippen LogP contribution in [0.5, 0.6) is 0 Å². The molecular weight excluding hydrogens is 317 g/mol. The third-order valence-corrected chi connectivity index (χ3v) is 5.05. The van der Waals surface area contributed by atoms with Crippen LogP contribution in [-0.2, 0) is 6.54 Å². The number of benzene rings is 1. The zero-order chi connectivity index (χ0) is 16.5. The van der Waals surface area contributed by atoms with E-state index in [0.717, 1.165) is 25.3 Å². The summed E-state index contributed by atoms with van der Waals surface area (Å²) in [6, 6.07) is 10.9. The Labute approximate surface area is 144 Å². The van der Waals surface area contributed by atoms with E-state index in [-0.39, 0.29) is 0 Å². The maximum absolute atomic E-state index is 4.46. The van der Waals surface area contributed by atoms with E-state index in [4.69, 9.17) is 0 Å². The molecule has 0 amide bonds. The van der Waals surface area contributed by atoms with E-state index >= 15 is 0 Å². The molecule has 1 aliphatic heterocycles. The molecule has 3 heterocycles. The molecule has 0 bridgehead atoms. The van der Waals surface area contributed by atoms with Crippen molar-refractivity contribution in [3.8, 4) is 0 Å². The third-order valence-electron chi connectivity index (χ3n) is 4.69. The van der Waals surface area contributed by atoms with Crippen molar-refractivity contribution < 1.29 is 0 Å². The lowest BCUT2D eigenvalue weighted by molar-refractivity contribution is 0.197. The zero-order valence-electron chi connectivity index (χ0n) is 13.9. The minimum Gasteiger partial charge on any atom is -0.298 e. The maximum atomic E-state index is 4.46. The molecule has 24 heavy (non-hydrogen) atoms. The largest absolute Gasteiger partial charge is 0.298 e. The molecule has 1 aromatic carbocycles. The van der Waals surface area contributed by atoms with Gasteiger partial charge in [-0.3, -0.25) is 4.90 Å². The fourth-order valence-electron chi connectivity index (χ4n) is 3.64. The Bertz CT molecular complexity index is 859. The van der Waals surface area contributed by atoms with Crippen LogP contribution >= 0.6 is 9.24 Å². The first-order chi connectivity index (χ1) is 11.7. The number of fused-ring (bicyclic) bond motifs is 1. The summed E-state index contributed by atoms with van der Waals surface area (Å²) in [4.78, 5) is 11.3. The van der Waals surface area contributed by atoms with Crippen molar-refractivity contribution >= 4 is 20.3 Å². The molecule has 5 nitrogen and oxygen atoms in total. The highest BCUT2D eigenvalue weighted by Gasteiger charge is 2.24. The smallest absolute Gasteiger partial charge is 0.252 e. The van der Waals surface area contributed by atoms with Gasteiger partial charge in [-0.05, 0) is 43.2 Å². The number of piperidine rings is 1. The molecule has 0 radical (unpaired) electrons. The third kappa shape index (κ3) is 3.19. The van der Waals surface area contributed by atoms with E-state index in [1.165, 1.54) is 29.4 Å². The van der Waals surface area contributed by atoms with Gasteiger partial charge in [0, 0.05) is 24.7 Å². The second-order valence-corrected chi connectivity index (χ2v) is 7.28. The summed E-state index contributed by atoms with van der Waals surface area (Å²) in [5.74, 6) is 1.18. The molecule has 2 atom stereocenters. The van der Waals surface area contributed by atoms with Gasteiger partial charge < -0.3 is 0 Å². The van der Waals surface area contributed by atoms with Crippen molar-refractivity contribution in [3.63, 3.8) is 0 Å². The minimum atomic E-state index is 0.476. The molecule has 0 spiro atoms. The molecule has 4 rings (SSSR count). The molecule has 1 saturated heterocycles. The van der Waals surface area contributed by atoms with E-state index in [9.17, 15) is 0 Å². The van der Waals surface area contributed by atoms with E-state index in [1.807, 2.05) is 11.4 Å². The van der Waals surface area contributed by atoms with E-state index in [1.54, 1.807) is 6.33 Å². The Kier molecular flexibility index (Phi) is 4.30. The van der Waals surface area contributed by atoms with Gasteiger partial charge in [-0.2, -0.15) is 10.1 Å². The predicted molar refractivity (Wildman–Crippen MR) is 98.6 cm³/mol. The number of aromatic nitrogens is 4. The van der Waals surface area contributed by atoms with Gasteiger partial charge in [-0.25, -0.2) is 9.50 Å². The molecule has 2 aromatic heterocycles. The number of hydrogen-bond donors (Lipinski definition) is 0. The van der Waals surface area contributed by atoms with Crippen molar-refractivity contribution in [2.75, 3.05) is 13.1 Å². The van der Waals surface area contributed by atoms with Gasteiger partial charge in [0.05, 0.1) is 5.69 Å². The second-order valence-electron chi connectivity index (χ2n) is 6.61. The van der Waals surface area contributed by atoms with Gasteiger partial charge in [0.2, 0.25) is 0 Å². The number of rotatable bonds is 3. The van der Waals surface area contributed by atoms with Crippen LogP contribution in [0, 0.1) is 6.92 Å². The Balaban J connectivity index is 1.57. The normalized spacial score (nSPS) is 19.0. The van der Waals surface area contributed by atoms with Gasteiger partial charge in [-0.1, -0.05) is 24.3 Å².